The number of nitrogens with zero attached hydrogens (tertiary/aromatic N) is 1. The molecule has 0 unspecified atom stereocenters. The van der Waals surface area contributed by atoms with Crippen LogP contribution in [0.3, 0.4) is 0 Å². The summed E-state index contributed by atoms with van der Waals surface area (Å²) < 4.78 is 5.25. The van der Waals surface area contributed by atoms with E-state index in [-0.39, 0.29) is 6.04 Å². The molecule has 1 atom stereocenters. The first-order valence-corrected chi connectivity index (χ1v) is 5.52. The van der Waals surface area contributed by atoms with E-state index in [0.717, 1.165) is 11.5 Å². The molecule has 0 saturated carbocycles. The molecule has 2 aromatic rings. The van der Waals surface area contributed by atoms with Gasteiger partial charge in [-0.25, -0.2) is 0 Å². The first kappa shape index (κ1) is 11.2. The SMILES string of the molecule is C[C@@H](NCc1ccc(Cl)o1)c1ccccn1. The van der Waals surface area contributed by atoms with Gasteiger partial charge in [0.05, 0.1) is 12.2 Å². The summed E-state index contributed by atoms with van der Waals surface area (Å²) in [6.07, 6.45) is 1.79. The number of hydrogen-bond donors (Lipinski definition) is 1. The summed E-state index contributed by atoms with van der Waals surface area (Å²) in [6, 6.07) is 9.66. The lowest BCUT2D eigenvalue weighted by molar-refractivity contribution is 0.458. The Balaban J connectivity index is 1.91. The molecule has 3 nitrogen and oxygen atoms in total. The highest BCUT2D eigenvalue weighted by Gasteiger charge is 2.06. The maximum absolute atomic E-state index is 5.69. The summed E-state index contributed by atoms with van der Waals surface area (Å²) >= 11 is 5.69. The molecule has 0 amide bonds. The highest BCUT2D eigenvalue weighted by atomic mass is 35.5. The van der Waals surface area contributed by atoms with E-state index in [0.29, 0.717) is 11.8 Å². The van der Waals surface area contributed by atoms with Gasteiger partial charge in [-0.1, -0.05) is 6.07 Å². The quantitative estimate of drug-likeness (QED) is 0.886. The number of furan rings is 1. The number of hydrogen-bond acceptors (Lipinski definition) is 3. The molecule has 2 heterocycles. The predicted octanol–water partition coefficient (Wildman–Crippen LogP) is 3.18. The lowest BCUT2D eigenvalue weighted by Gasteiger charge is -2.11. The molecule has 0 bridgehead atoms. The van der Waals surface area contributed by atoms with Crippen molar-refractivity contribution in [2.45, 2.75) is 19.5 Å². The molecule has 0 saturated heterocycles. The summed E-state index contributed by atoms with van der Waals surface area (Å²) in [5.41, 5.74) is 1.01. The van der Waals surface area contributed by atoms with Crippen molar-refractivity contribution >= 4 is 11.6 Å². The molecular weight excluding hydrogens is 224 g/mol. The zero-order valence-electron chi connectivity index (χ0n) is 8.98. The van der Waals surface area contributed by atoms with E-state index in [1.807, 2.05) is 24.3 Å². The Kier molecular flexibility index (Phi) is 3.59. The number of nitrogens with one attached hydrogen (secondary N) is 1. The van der Waals surface area contributed by atoms with Crippen molar-refractivity contribution in [2.75, 3.05) is 0 Å². The van der Waals surface area contributed by atoms with Crippen LogP contribution in [0.2, 0.25) is 5.22 Å². The molecule has 2 rings (SSSR count). The average molecular weight is 237 g/mol. The normalized spacial score (nSPS) is 12.6. The number of rotatable bonds is 4. The van der Waals surface area contributed by atoms with Crippen LogP contribution in [0.4, 0.5) is 0 Å². The van der Waals surface area contributed by atoms with Crippen molar-refractivity contribution < 1.29 is 4.42 Å². The van der Waals surface area contributed by atoms with Crippen LogP contribution in [0.15, 0.2) is 40.9 Å². The third-order valence-electron chi connectivity index (χ3n) is 2.34. The van der Waals surface area contributed by atoms with Gasteiger partial charge >= 0.3 is 0 Å². The topological polar surface area (TPSA) is 38.1 Å². The fraction of sp³-hybridized carbons (Fsp3) is 0.250. The molecule has 0 aliphatic heterocycles. The fourth-order valence-corrected chi connectivity index (χ4v) is 1.60. The van der Waals surface area contributed by atoms with Crippen LogP contribution in [0.5, 0.6) is 0 Å². The number of pyridine rings is 1. The molecule has 1 N–H and O–H groups in total. The third kappa shape index (κ3) is 2.84. The van der Waals surface area contributed by atoms with E-state index in [4.69, 9.17) is 16.0 Å². The first-order chi connectivity index (χ1) is 7.75. The van der Waals surface area contributed by atoms with E-state index in [9.17, 15) is 0 Å². The molecule has 0 fully saturated rings. The van der Waals surface area contributed by atoms with Gasteiger partial charge in [0, 0.05) is 12.2 Å². The van der Waals surface area contributed by atoms with Crippen molar-refractivity contribution in [3.63, 3.8) is 0 Å². The Hall–Kier alpha value is -1.32. The van der Waals surface area contributed by atoms with E-state index in [1.54, 1.807) is 12.3 Å². The van der Waals surface area contributed by atoms with Crippen molar-refractivity contribution in [3.05, 3.63) is 53.2 Å². The molecule has 0 spiro atoms. The van der Waals surface area contributed by atoms with Gasteiger partial charge in [-0.3, -0.25) is 4.98 Å². The van der Waals surface area contributed by atoms with E-state index in [2.05, 4.69) is 17.2 Å². The Bertz CT molecular complexity index is 441. The van der Waals surface area contributed by atoms with Crippen LogP contribution >= 0.6 is 11.6 Å². The first-order valence-electron chi connectivity index (χ1n) is 5.14. The third-order valence-corrected chi connectivity index (χ3v) is 2.55. The van der Waals surface area contributed by atoms with Gasteiger partial charge in [-0.2, -0.15) is 0 Å². The molecule has 0 radical (unpaired) electrons. The summed E-state index contributed by atoms with van der Waals surface area (Å²) in [4.78, 5) is 4.28. The van der Waals surface area contributed by atoms with Gasteiger partial charge in [-0.15, -0.1) is 0 Å². The second kappa shape index (κ2) is 5.14. The molecular formula is C12H13ClN2O. The van der Waals surface area contributed by atoms with Gasteiger partial charge in [0.25, 0.3) is 0 Å². The second-order valence-corrected chi connectivity index (χ2v) is 3.94. The van der Waals surface area contributed by atoms with Crippen molar-refractivity contribution in [2.24, 2.45) is 0 Å². The summed E-state index contributed by atoms with van der Waals surface area (Å²) in [6.45, 7) is 2.71. The zero-order valence-corrected chi connectivity index (χ0v) is 9.74. The maximum Gasteiger partial charge on any atom is 0.193 e. The molecule has 0 aliphatic carbocycles. The fourth-order valence-electron chi connectivity index (χ4n) is 1.44. The highest BCUT2D eigenvalue weighted by molar-refractivity contribution is 6.28. The summed E-state index contributed by atoms with van der Waals surface area (Å²) in [5, 5.41) is 3.73. The van der Waals surface area contributed by atoms with Gasteiger partial charge in [0.2, 0.25) is 0 Å². The molecule has 84 valence electrons. The van der Waals surface area contributed by atoms with Crippen LogP contribution in [-0.4, -0.2) is 4.98 Å². The van der Waals surface area contributed by atoms with Crippen molar-refractivity contribution in [3.8, 4) is 0 Å². The van der Waals surface area contributed by atoms with Gasteiger partial charge < -0.3 is 9.73 Å². The van der Waals surface area contributed by atoms with Gasteiger partial charge in [0.15, 0.2) is 5.22 Å². The Morgan fingerprint density at radius 1 is 1.38 bits per heavy atom. The lowest BCUT2D eigenvalue weighted by Crippen LogP contribution is -2.18. The lowest BCUT2D eigenvalue weighted by atomic mass is 10.2. The van der Waals surface area contributed by atoms with Crippen LogP contribution in [0.25, 0.3) is 0 Å². The smallest absolute Gasteiger partial charge is 0.193 e. The highest BCUT2D eigenvalue weighted by Crippen LogP contribution is 2.14. The summed E-state index contributed by atoms with van der Waals surface area (Å²) in [5.74, 6) is 0.827. The molecule has 16 heavy (non-hydrogen) atoms. The van der Waals surface area contributed by atoms with Crippen molar-refractivity contribution in [1.29, 1.82) is 0 Å². The van der Waals surface area contributed by atoms with E-state index >= 15 is 0 Å². The van der Waals surface area contributed by atoms with Crippen LogP contribution in [0, 0.1) is 0 Å². The Morgan fingerprint density at radius 2 is 2.25 bits per heavy atom. The minimum atomic E-state index is 0.185. The maximum atomic E-state index is 5.69. The number of halogens is 1. The van der Waals surface area contributed by atoms with Crippen molar-refractivity contribution in [1.82, 2.24) is 10.3 Å². The largest absolute Gasteiger partial charge is 0.448 e. The minimum absolute atomic E-state index is 0.185. The van der Waals surface area contributed by atoms with Crippen LogP contribution in [-0.2, 0) is 6.54 Å². The summed E-state index contributed by atoms with van der Waals surface area (Å²) in [7, 11) is 0. The predicted molar refractivity (Wildman–Crippen MR) is 63.2 cm³/mol. The standard InChI is InChI=1S/C12H13ClN2O/c1-9(11-4-2-3-7-14-11)15-8-10-5-6-12(13)16-10/h2-7,9,15H,8H2,1H3/t9-/m1/s1. The minimum Gasteiger partial charge on any atom is -0.448 e. The molecule has 0 aromatic carbocycles. The van der Waals surface area contributed by atoms with E-state index < -0.39 is 0 Å². The molecule has 2 aromatic heterocycles. The molecule has 4 heteroatoms. The van der Waals surface area contributed by atoms with Crippen LogP contribution in [0.1, 0.15) is 24.4 Å². The average Bonchev–Trinajstić information content (AvgIpc) is 2.73. The van der Waals surface area contributed by atoms with E-state index in [1.165, 1.54) is 0 Å². The van der Waals surface area contributed by atoms with Gasteiger partial charge in [-0.05, 0) is 42.8 Å². The van der Waals surface area contributed by atoms with Crippen LogP contribution < -0.4 is 5.32 Å². The van der Waals surface area contributed by atoms with Gasteiger partial charge in [0.1, 0.15) is 5.76 Å². The Morgan fingerprint density at radius 3 is 2.88 bits per heavy atom. The number of aromatic nitrogens is 1. The molecule has 0 aliphatic rings. The second-order valence-electron chi connectivity index (χ2n) is 3.56. The zero-order chi connectivity index (χ0) is 11.4. The Labute approximate surface area is 99.5 Å². The monoisotopic (exact) mass is 236 g/mol.